The number of hydrogen-bond acceptors (Lipinski definition) is 3. The fourth-order valence-corrected chi connectivity index (χ4v) is 3.30. The van der Waals surface area contributed by atoms with Crippen LogP contribution in [0.5, 0.6) is 0 Å². The molecular formula is C6H2F13NO2P+. The van der Waals surface area contributed by atoms with Gasteiger partial charge >= 0.3 is 44.1 Å². The highest BCUT2D eigenvalue weighted by Gasteiger charge is 3.05. The molecule has 0 aromatic carbocycles. The molecule has 1 aliphatic heterocycles. The molecule has 0 atom stereocenters. The topological polar surface area (TPSA) is 44.5 Å². The second kappa shape index (κ2) is 4.73. The van der Waals surface area contributed by atoms with Gasteiger partial charge in [-0.05, 0) is 0 Å². The van der Waals surface area contributed by atoms with E-state index in [1.165, 1.54) is 0 Å². The Kier molecular flexibility index (Phi) is 4.20. The number of halogens is 13. The lowest BCUT2D eigenvalue weighted by Crippen LogP contribution is -2.79. The molecule has 1 heterocycles. The maximum Gasteiger partial charge on any atom is 0.553 e. The number of hydrogen-bond donors (Lipinski definition) is 1. The fourth-order valence-electron chi connectivity index (χ4n) is 1.85. The van der Waals surface area contributed by atoms with Crippen LogP contribution in [0.4, 0.5) is 56.9 Å². The molecule has 0 aromatic heterocycles. The first kappa shape index (κ1) is 20.4. The van der Waals surface area contributed by atoms with Crippen molar-refractivity contribution in [2.24, 2.45) is 5.50 Å². The third-order valence-electron chi connectivity index (χ3n) is 2.62. The van der Waals surface area contributed by atoms with Crippen molar-refractivity contribution in [1.82, 2.24) is 0 Å². The van der Waals surface area contributed by atoms with Gasteiger partial charge in [-0.2, -0.15) is 52.7 Å². The van der Waals surface area contributed by atoms with E-state index in [2.05, 4.69) is 14.6 Å². The van der Waals surface area contributed by atoms with E-state index in [0.29, 0.717) is 0 Å². The Hall–Kier alpha value is -0.600. The van der Waals surface area contributed by atoms with Crippen LogP contribution in [0.2, 0.25) is 0 Å². The van der Waals surface area contributed by atoms with Gasteiger partial charge in [0.2, 0.25) is 0 Å². The summed E-state index contributed by atoms with van der Waals surface area (Å²) in [5, 5.41) is 0. The first-order valence-corrected chi connectivity index (χ1v) is 6.30. The Balaban J connectivity index is 4.04. The van der Waals surface area contributed by atoms with Gasteiger partial charge in [0, 0.05) is 4.20 Å². The zero-order valence-electron chi connectivity index (χ0n) is 9.75. The lowest BCUT2D eigenvalue weighted by atomic mass is 9.79. The predicted molar refractivity (Wildman–Crippen MR) is 44.1 cm³/mol. The van der Waals surface area contributed by atoms with E-state index >= 15 is 0 Å². The van der Waals surface area contributed by atoms with E-state index < -0.39 is 44.1 Å². The van der Waals surface area contributed by atoms with Crippen molar-refractivity contribution in [1.29, 1.82) is 0 Å². The standard InChI is InChI=1S/C6H2F13NO2P/c7-3(8,9)1(4(10,11)12)2(5(13,14)15,6(16,17)18)22-23(19,20)21-1/h20H2/q+1. The second-order valence-corrected chi connectivity index (χ2v) is 5.46. The minimum absolute atomic E-state index is 2.44. The fraction of sp³-hybridized carbons (Fsp3) is 1.00. The van der Waals surface area contributed by atoms with Gasteiger partial charge in [0.25, 0.3) is 0 Å². The molecule has 1 saturated heterocycles. The Morgan fingerprint density at radius 1 is 0.565 bits per heavy atom. The van der Waals surface area contributed by atoms with Crippen LogP contribution in [-0.4, -0.2) is 35.9 Å². The molecule has 138 valence electrons. The molecular weight excluding hydrogens is 396 g/mol. The number of alkyl halides is 12. The lowest BCUT2D eigenvalue weighted by Gasteiger charge is -2.41. The van der Waals surface area contributed by atoms with E-state index in [9.17, 15) is 56.9 Å². The van der Waals surface area contributed by atoms with Crippen LogP contribution in [0.15, 0.2) is 0 Å². The zero-order chi connectivity index (χ0) is 18.9. The molecule has 1 rings (SSSR count). The van der Waals surface area contributed by atoms with Gasteiger partial charge in [-0.3, -0.25) is 0 Å². The zero-order valence-corrected chi connectivity index (χ0v) is 10.6. The van der Waals surface area contributed by atoms with Crippen LogP contribution in [0.1, 0.15) is 0 Å². The molecule has 1 aliphatic rings. The summed E-state index contributed by atoms with van der Waals surface area (Å²) in [5.74, 6) is 0. The van der Waals surface area contributed by atoms with Crippen molar-refractivity contribution in [3.63, 3.8) is 0 Å². The molecule has 0 bridgehead atoms. The summed E-state index contributed by atoms with van der Waals surface area (Å²) in [6, 6.07) is 0. The van der Waals surface area contributed by atoms with E-state index in [4.69, 9.17) is 0 Å². The van der Waals surface area contributed by atoms with E-state index in [-0.39, 0.29) is 0 Å². The molecule has 2 N–H and O–H groups in total. The smallest absolute Gasteiger partial charge is 0.167 e. The summed E-state index contributed by atoms with van der Waals surface area (Å²) in [5.41, 5.74) is -10.4. The SMILES string of the molecule is N[P+]1(F)OC(C(F)(F)F)(C(F)(F)F)C(C(F)(F)F)(C(F)(F)F)O1. The van der Waals surface area contributed by atoms with Crippen LogP contribution in [-0.2, 0) is 9.05 Å². The molecule has 23 heavy (non-hydrogen) atoms. The lowest BCUT2D eigenvalue weighted by molar-refractivity contribution is -0.464. The Morgan fingerprint density at radius 3 is 0.870 bits per heavy atom. The predicted octanol–water partition coefficient (Wildman–Crippen LogP) is 4.37. The highest BCUT2D eigenvalue weighted by atomic mass is 31.2. The second-order valence-electron chi connectivity index (χ2n) is 4.06. The van der Waals surface area contributed by atoms with Gasteiger partial charge in [0.1, 0.15) is 0 Å². The average Bonchev–Trinajstić information content (AvgIpc) is 2.44. The van der Waals surface area contributed by atoms with E-state index in [0.717, 1.165) is 0 Å². The summed E-state index contributed by atoms with van der Waals surface area (Å²) in [4.78, 5) is 0. The molecule has 0 amide bonds. The van der Waals surface area contributed by atoms with E-state index in [1.807, 2.05) is 0 Å². The van der Waals surface area contributed by atoms with Gasteiger partial charge in [-0.1, -0.05) is 0 Å². The molecule has 3 nitrogen and oxygen atoms in total. The Labute approximate surface area is 117 Å². The normalized spacial score (nSPS) is 24.8. The van der Waals surface area contributed by atoms with Crippen LogP contribution in [0, 0.1) is 0 Å². The van der Waals surface area contributed by atoms with Gasteiger partial charge in [-0.15, -0.1) is 14.6 Å². The molecule has 0 aliphatic carbocycles. The highest BCUT2D eigenvalue weighted by molar-refractivity contribution is 7.59. The van der Waals surface area contributed by atoms with Crippen LogP contribution in [0.3, 0.4) is 0 Å². The third-order valence-corrected chi connectivity index (χ3v) is 3.66. The summed E-state index contributed by atoms with van der Waals surface area (Å²) < 4.78 is 170. The van der Waals surface area contributed by atoms with Crippen molar-refractivity contribution in [2.45, 2.75) is 35.9 Å². The summed E-state index contributed by atoms with van der Waals surface area (Å²) in [7, 11) is -6.80. The summed E-state index contributed by atoms with van der Waals surface area (Å²) in [6.45, 7) is 0. The molecule has 0 aromatic rings. The highest BCUT2D eigenvalue weighted by Crippen LogP contribution is 2.79. The Bertz CT molecular complexity index is 403. The third kappa shape index (κ3) is 2.53. The molecule has 0 radical (unpaired) electrons. The monoisotopic (exact) mass is 398 g/mol. The van der Waals surface area contributed by atoms with Crippen LogP contribution >= 0.6 is 8.18 Å². The van der Waals surface area contributed by atoms with Crippen molar-refractivity contribution < 1.29 is 65.9 Å². The quantitative estimate of drug-likeness (QED) is 0.487. The van der Waals surface area contributed by atoms with Gasteiger partial charge in [-0.25, -0.2) is 0 Å². The van der Waals surface area contributed by atoms with Crippen molar-refractivity contribution in [2.75, 3.05) is 0 Å². The largest absolute Gasteiger partial charge is 0.553 e. The van der Waals surface area contributed by atoms with Crippen LogP contribution < -0.4 is 5.50 Å². The van der Waals surface area contributed by atoms with Gasteiger partial charge in [0.15, 0.2) is 0 Å². The summed E-state index contributed by atoms with van der Waals surface area (Å²) >= 11 is 0. The molecule has 17 heteroatoms. The van der Waals surface area contributed by atoms with Gasteiger partial charge < -0.3 is 0 Å². The Morgan fingerprint density at radius 2 is 0.739 bits per heavy atom. The maximum absolute atomic E-state index is 13.2. The number of nitrogens with two attached hydrogens (primary N) is 1. The first-order valence-electron chi connectivity index (χ1n) is 4.72. The minimum atomic E-state index is -7.44. The van der Waals surface area contributed by atoms with Crippen LogP contribution in [0.25, 0.3) is 0 Å². The summed E-state index contributed by atoms with van der Waals surface area (Å²) in [6.07, 6.45) is -29.8. The molecule has 0 saturated carbocycles. The number of rotatable bonds is 0. The average molecular weight is 398 g/mol. The molecule has 0 unspecified atom stereocenters. The maximum atomic E-state index is 13.2. The van der Waals surface area contributed by atoms with E-state index in [1.54, 1.807) is 0 Å². The van der Waals surface area contributed by atoms with Crippen molar-refractivity contribution in [3.8, 4) is 0 Å². The molecule has 0 spiro atoms. The molecule has 1 fully saturated rings. The van der Waals surface area contributed by atoms with Crippen molar-refractivity contribution >= 4 is 8.18 Å². The minimum Gasteiger partial charge on any atom is -0.167 e. The van der Waals surface area contributed by atoms with Crippen molar-refractivity contribution in [3.05, 3.63) is 0 Å². The first-order chi connectivity index (χ1) is 9.66. The van der Waals surface area contributed by atoms with Gasteiger partial charge in [0.05, 0.1) is 0 Å².